The Labute approximate surface area is 360 Å². The fourth-order valence-electron chi connectivity index (χ4n) is 11.5. The molecule has 62 heavy (non-hydrogen) atoms. The molecule has 1 amide bonds. The number of likely N-dealkylation sites (N-methyl/N-ethyl adjacent to an activating group) is 1. The molecule has 0 bridgehead atoms. The van der Waals surface area contributed by atoms with Gasteiger partial charge in [0.25, 0.3) is 0 Å². The molecule has 3 saturated carbocycles. The van der Waals surface area contributed by atoms with Crippen LogP contribution in [0.1, 0.15) is 83.4 Å². The summed E-state index contributed by atoms with van der Waals surface area (Å²) in [5.41, 5.74) is -3.05. The predicted octanol–water partition coefficient (Wildman–Crippen LogP) is 6.07. The van der Waals surface area contributed by atoms with Crippen LogP contribution < -0.4 is 5.32 Å². The van der Waals surface area contributed by atoms with Gasteiger partial charge in [0.05, 0.1) is 31.2 Å². The Balaban J connectivity index is 0.856. The van der Waals surface area contributed by atoms with E-state index in [0.29, 0.717) is 30.5 Å². The average molecular weight is 854 g/mol. The zero-order valence-corrected chi connectivity index (χ0v) is 36.1. The minimum Gasteiger partial charge on any atom is -0.461 e. The van der Waals surface area contributed by atoms with Crippen molar-refractivity contribution in [1.29, 1.82) is 0 Å². The van der Waals surface area contributed by atoms with E-state index in [2.05, 4.69) is 10.3 Å². The molecule has 0 spiro atoms. The molecule has 10 atom stereocenters. The third-order valence-electron chi connectivity index (χ3n) is 14.4. The molecule has 14 heteroatoms. The highest BCUT2D eigenvalue weighted by Gasteiger charge is 2.80. The van der Waals surface area contributed by atoms with Gasteiger partial charge in [-0.25, -0.2) is 4.39 Å². The molecule has 4 aliphatic carbocycles. The van der Waals surface area contributed by atoms with Crippen molar-refractivity contribution >= 4 is 40.1 Å². The molecule has 5 aliphatic rings. The number of hydrogen-bond acceptors (Lipinski definition) is 12. The molecule has 0 radical (unpaired) electrons. The number of ether oxygens (including phenoxy) is 4. The largest absolute Gasteiger partial charge is 0.461 e. The van der Waals surface area contributed by atoms with Gasteiger partial charge in [0.15, 0.2) is 23.7 Å². The van der Waals surface area contributed by atoms with Gasteiger partial charge in [0, 0.05) is 40.2 Å². The zero-order chi connectivity index (χ0) is 44.4. The molecule has 1 aliphatic heterocycles. The van der Waals surface area contributed by atoms with E-state index >= 15 is 4.39 Å². The van der Waals surface area contributed by atoms with Crippen molar-refractivity contribution in [2.24, 2.45) is 22.7 Å². The van der Waals surface area contributed by atoms with E-state index in [1.54, 1.807) is 80.6 Å². The van der Waals surface area contributed by atoms with Gasteiger partial charge in [-0.2, -0.15) is 0 Å². The number of pyridine rings is 1. The van der Waals surface area contributed by atoms with Crippen LogP contribution in [0.5, 0.6) is 0 Å². The number of nitrogens with zero attached hydrogens (tertiary/aromatic N) is 2. The number of amides is 1. The second-order valence-electron chi connectivity index (χ2n) is 18.8. The van der Waals surface area contributed by atoms with Gasteiger partial charge < -0.3 is 34.5 Å². The average Bonchev–Trinajstić information content (AvgIpc) is 3.64. The molecule has 2 heterocycles. The number of hydrogen-bond donors (Lipinski definition) is 3. The summed E-state index contributed by atoms with van der Waals surface area (Å²) in [6, 6.07) is 14.1. The van der Waals surface area contributed by atoms with Gasteiger partial charge in [0.2, 0.25) is 11.7 Å². The van der Waals surface area contributed by atoms with E-state index in [-0.39, 0.29) is 31.8 Å². The summed E-state index contributed by atoms with van der Waals surface area (Å²) >= 11 is 0. The first-order valence-corrected chi connectivity index (χ1v) is 21.4. The second-order valence-corrected chi connectivity index (χ2v) is 18.8. The first-order valence-electron chi connectivity index (χ1n) is 21.4. The lowest BCUT2D eigenvalue weighted by Crippen LogP contribution is -2.70. The van der Waals surface area contributed by atoms with Crippen LogP contribution in [0.4, 0.5) is 10.1 Å². The summed E-state index contributed by atoms with van der Waals surface area (Å²) in [7, 11) is 3.63. The van der Waals surface area contributed by atoms with Gasteiger partial charge in [-0.05, 0) is 101 Å². The maximum atomic E-state index is 17.8. The molecule has 2 aromatic carbocycles. The number of allylic oxidation sites excluding steroid dienone is 2. The Kier molecular flexibility index (Phi) is 11.3. The molecule has 1 unspecified atom stereocenters. The fourth-order valence-corrected chi connectivity index (χ4v) is 11.5. The van der Waals surface area contributed by atoms with Crippen molar-refractivity contribution in [2.75, 3.05) is 26.0 Å². The molecule has 3 aromatic rings. The van der Waals surface area contributed by atoms with Crippen molar-refractivity contribution in [3.05, 3.63) is 95.9 Å². The van der Waals surface area contributed by atoms with E-state index in [0.717, 1.165) is 21.9 Å². The molecule has 4 fully saturated rings. The molecule has 1 aromatic heterocycles. The normalized spacial score (nSPS) is 33.4. The fraction of sp³-hybridized carbons (Fsp3) is 0.521. The van der Waals surface area contributed by atoms with Crippen LogP contribution in [0, 0.1) is 22.7 Å². The number of carbonyl (C=O) groups is 4. The van der Waals surface area contributed by atoms with Gasteiger partial charge in [-0.1, -0.05) is 61.1 Å². The number of aliphatic hydroxyl groups excluding tert-OH is 2. The minimum atomic E-state index is -2.06. The van der Waals surface area contributed by atoms with Crippen molar-refractivity contribution in [2.45, 2.75) is 114 Å². The van der Waals surface area contributed by atoms with E-state index in [1.165, 1.54) is 0 Å². The van der Waals surface area contributed by atoms with Crippen molar-refractivity contribution in [1.82, 2.24) is 9.88 Å². The number of ketones is 1. The van der Waals surface area contributed by atoms with Crippen LogP contribution in [-0.4, -0.2) is 99.8 Å². The Morgan fingerprint density at radius 1 is 0.968 bits per heavy atom. The molecule has 3 N–H and O–H groups in total. The predicted molar refractivity (Wildman–Crippen MR) is 226 cm³/mol. The number of aromatic nitrogens is 1. The number of nitrogens with one attached hydrogen (secondary N) is 1. The smallest absolute Gasteiger partial charge is 0.306 e. The number of halogens is 1. The summed E-state index contributed by atoms with van der Waals surface area (Å²) < 4.78 is 41.5. The maximum Gasteiger partial charge on any atom is 0.306 e. The van der Waals surface area contributed by atoms with Crippen molar-refractivity contribution in [3.8, 4) is 0 Å². The van der Waals surface area contributed by atoms with Crippen LogP contribution in [0.3, 0.4) is 0 Å². The number of fused-ring (bicyclic) bond motifs is 8. The van der Waals surface area contributed by atoms with Crippen LogP contribution in [-0.2, 0) is 44.7 Å². The number of benzene rings is 2. The lowest BCUT2D eigenvalue weighted by molar-refractivity contribution is -0.246. The van der Waals surface area contributed by atoms with Crippen LogP contribution in [0.25, 0.3) is 10.8 Å². The zero-order valence-electron chi connectivity index (χ0n) is 36.1. The standard InChI is InChI=1S/C48H56FN3O10/c1-44(2)61-39-23-36-35-14-12-32-22-34(53)17-19-45(32,3)47(35,49)37(54)24-46(36,4)48(39,62-44)38(55)27-60-41(57)16-15-40(56)59-26-28-7-9-29(10-8-28)42(52(5)6)43(58)51-33-13-11-31-25-50-20-18-30(31)21-33/h7-11,13,17-22,25,34-37,39,42,53-54H,12,14-16,23-24,26-27H2,1-6H3,(H,51,58)/t34?,35-,36-,37-,39+,42+,45-,46-,47-,48+/m0/s1. The number of Topliss-reactive ketones (excluding diaryl/α,β-unsaturated/α-hetero) is 1. The Morgan fingerprint density at radius 3 is 2.42 bits per heavy atom. The van der Waals surface area contributed by atoms with E-state index in [9.17, 15) is 29.4 Å². The van der Waals surface area contributed by atoms with E-state index < -0.39 is 88.4 Å². The third kappa shape index (κ3) is 7.27. The second kappa shape index (κ2) is 16.0. The quantitative estimate of drug-likeness (QED) is 0.142. The third-order valence-corrected chi connectivity index (χ3v) is 14.4. The van der Waals surface area contributed by atoms with E-state index in [1.807, 2.05) is 45.3 Å². The van der Waals surface area contributed by atoms with Gasteiger partial charge in [-0.15, -0.1) is 0 Å². The number of alkyl halides is 1. The maximum absolute atomic E-state index is 17.8. The van der Waals surface area contributed by atoms with Crippen molar-refractivity contribution < 1.29 is 52.7 Å². The van der Waals surface area contributed by atoms with E-state index in [4.69, 9.17) is 18.9 Å². The number of carbonyl (C=O) groups excluding carboxylic acids is 4. The number of aliphatic hydroxyl groups is 2. The molecule has 13 nitrogen and oxygen atoms in total. The summed E-state index contributed by atoms with van der Waals surface area (Å²) in [5, 5.41) is 27.0. The minimum absolute atomic E-state index is 0.0593. The number of anilines is 1. The van der Waals surface area contributed by atoms with Gasteiger partial charge in [0.1, 0.15) is 12.6 Å². The highest BCUT2D eigenvalue weighted by atomic mass is 19.1. The first-order chi connectivity index (χ1) is 29.3. The molecule has 330 valence electrons. The molecule has 8 rings (SSSR count). The topological polar surface area (TPSA) is 174 Å². The Morgan fingerprint density at radius 2 is 1.69 bits per heavy atom. The SMILES string of the molecule is CN(C)[C@@H](C(=O)Nc1ccc2cnccc2c1)c1ccc(COC(=O)CCC(=O)OCC(=O)[C@@]23OC(C)(C)O[C@@H]2C[C@H]2[C@@H]4CCC5=CC(O)C=C[C@]5(C)[C@@]4(F)[C@@H](O)C[C@@]23C)cc1. The Hall–Kier alpha value is -4.86. The number of rotatable bonds is 12. The van der Waals surface area contributed by atoms with Crippen LogP contribution in [0.2, 0.25) is 0 Å². The van der Waals surface area contributed by atoms with Crippen molar-refractivity contribution in [3.63, 3.8) is 0 Å². The van der Waals surface area contributed by atoms with Crippen LogP contribution >= 0.6 is 0 Å². The number of esters is 2. The first kappa shape index (κ1) is 43.8. The van der Waals surface area contributed by atoms with Crippen LogP contribution in [0.15, 0.2) is 84.7 Å². The highest BCUT2D eigenvalue weighted by Crippen LogP contribution is 2.72. The summed E-state index contributed by atoms with van der Waals surface area (Å²) in [4.78, 5) is 59.4. The van der Waals surface area contributed by atoms with Gasteiger partial charge in [-0.3, -0.25) is 29.1 Å². The summed E-state index contributed by atoms with van der Waals surface area (Å²) in [6.07, 6.45) is 5.86. The Bertz CT molecular complexity index is 2330. The summed E-state index contributed by atoms with van der Waals surface area (Å²) in [6.45, 7) is 6.31. The van der Waals surface area contributed by atoms with Gasteiger partial charge >= 0.3 is 11.9 Å². The summed E-state index contributed by atoms with van der Waals surface area (Å²) in [5.74, 6) is -4.40. The molecular weight excluding hydrogens is 798 g/mol. The molecule has 1 saturated heterocycles. The lowest BCUT2D eigenvalue weighted by atomic mass is 9.44. The molecular formula is C48H56FN3O10. The monoisotopic (exact) mass is 853 g/mol. The lowest BCUT2D eigenvalue weighted by Gasteiger charge is -2.63. The highest BCUT2D eigenvalue weighted by molar-refractivity contribution is 5.97.